The van der Waals surface area contributed by atoms with Crippen molar-refractivity contribution in [2.75, 3.05) is 0 Å². The van der Waals surface area contributed by atoms with Crippen molar-refractivity contribution in [3.63, 3.8) is 0 Å². The van der Waals surface area contributed by atoms with E-state index in [0.29, 0.717) is 6.10 Å². The summed E-state index contributed by atoms with van der Waals surface area (Å²) in [5.74, 6) is 0.299. The van der Waals surface area contributed by atoms with Crippen LogP contribution in [0, 0.1) is 5.92 Å². The lowest BCUT2D eigenvalue weighted by atomic mass is 9.84. The van der Waals surface area contributed by atoms with Gasteiger partial charge in [0.05, 0.1) is 29.9 Å². The molecule has 0 amide bonds. The number of hydrogen-bond donors (Lipinski definition) is 0. The molecule has 3 atom stereocenters. The minimum absolute atomic E-state index is 0.0769. The van der Waals surface area contributed by atoms with E-state index in [0.717, 1.165) is 37.8 Å². The van der Waals surface area contributed by atoms with Gasteiger partial charge in [0.2, 0.25) is 0 Å². The van der Waals surface area contributed by atoms with Crippen molar-refractivity contribution in [2.24, 2.45) is 5.92 Å². The molecule has 1 aromatic heterocycles. The van der Waals surface area contributed by atoms with Crippen LogP contribution in [0.15, 0.2) is 12.4 Å². The Morgan fingerprint density at radius 1 is 1.59 bits per heavy atom. The summed E-state index contributed by atoms with van der Waals surface area (Å²) in [7, 11) is 0. The van der Waals surface area contributed by atoms with Gasteiger partial charge < -0.3 is 4.74 Å². The van der Waals surface area contributed by atoms with Gasteiger partial charge in [-0.05, 0) is 25.7 Å². The Balaban J connectivity index is 1.73. The normalized spacial score (nSPS) is 31.0. The van der Waals surface area contributed by atoms with E-state index in [4.69, 9.17) is 4.74 Å². The number of ether oxygens (including phenoxy) is 1. The fraction of sp³-hybridized carbons (Fsp3) is 0.692. The maximum Gasteiger partial charge on any atom is 0.171 e. The third kappa shape index (κ3) is 1.90. The van der Waals surface area contributed by atoms with Crippen LogP contribution in [-0.4, -0.2) is 27.8 Å². The summed E-state index contributed by atoms with van der Waals surface area (Å²) >= 11 is 0. The maximum atomic E-state index is 12.3. The average Bonchev–Trinajstić information content (AvgIpc) is 3.03. The Bertz CT molecular complexity index is 427. The van der Waals surface area contributed by atoms with E-state index in [9.17, 15) is 4.79 Å². The van der Waals surface area contributed by atoms with Crippen LogP contribution in [0.5, 0.6) is 0 Å². The van der Waals surface area contributed by atoms with Crippen molar-refractivity contribution in [3.8, 4) is 0 Å². The highest BCUT2D eigenvalue weighted by Gasteiger charge is 2.44. The molecule has 4 heteroatoms. The van der Waals surface area contributed by atoms with Gasteiger partial charge in [-0.25, -0.2) is 0 Å². The summed E-state index contributed by atoms with van der Waals surface area (Å²) in [5, 5.41) is 4.22. The van der Waals surface area contributed by atoms with Crippen LogP contribution in [0.4, 0.5) is 0 Å². The van der Waals surface area contributed by atoms with Crippen LogP contribution in [0.25, 0.3) is 0 Å². The number of fused-ring (bicyclic) bond motifs is 2. The zero-order valence-corrected chi connectivity index (χ0v) is 10.1. The molecule has 3 heterocycles. The SMILES string of the molecule is CCCn1cc(C(=O)C2CC3CCC2O3)cn1. The number of hydrogen-bond acceptors (Lipinski definition) is 3. The first-order chi connectivity index (χ1) is 8.28. The summed E-state index contributed by atoms with van der Waals surface area (Å²) in [4.78, 5) is 12.3. The molecule has 2 aliphatic rings. The van der Waals surface area contributed by atoms with Gasteiger partial charge in [-0.1, -0.05) is 6.92 Å². The molecule has 92 valence electrons. The lowest BCUT2D eigenvalue weighted by Gasteiger charge is -2.15. The molecule has 2 fully saturated rings. The standard InChI is InChI=1S/C13H18N2O2/c1-2-5-15-8-9(7-14-15)13(16)11-6-10-3-4-12(11)17-10/h7-8,10-12H,2-6H2,1H3. The van der Waals surface area contributed by atoms with E-state index in [1.807, 2.05) is 10.9 Å². The Kier molecular flexibility index (Phi) is 2.74. The van der Waals surface area contributed by atoms with Crippen LogP contribution in [0.1, 0.15) is 43.0 Å². The minimum atomic E-state index is 0.0769. The van der Waals surface area contributed by atoms with Crippen LogP contribution >= 0.6 is 0 Å². The van der Waals surface area contributed by atoms with Gasteiger partial charge in [-0.15, -0.1) is 0 Å². The van der Waals surface area contributed by atoms with Crippen molar-refractivity contribution in [2.45, 2.75) is 51.4 Å². The van der Waals surface area contributed by atoms with E-state index in [1.54, 1.807) is 6.20 Å². The molecule has 0 saturated carbocycles. The minimum Gasteiger partial charge on any atom is -0.374 e. The Hall–Kier alpha value is -1.16. The van der Waals surface area contributed by atoms with Crippen molar-refractivity contribution in [1.82, 2.24) is 9.78 Å². The van der Waals surface area contributed by atoms with E-state index in [-0.39, 0.29) is 17.8 Å². The molecule has 0 aromatic carbocycles. The smallest absolute Gasteiger partial charge is 0.171 e. The van der Waals surface area contributed by atoms with Crippen molar-refractivity contribution in [1.29, 1.82) is 0 Å². The molecule has 0 N–H and O–H groups in total. The van der Waals surface area contributed by atoms with E-state index in [1.165, 1.54) is 0 Å². The van der Waals surface area contributed by atoms with Gasteiger partial charge in [0, 0.05) is 12.7 Å². The zero-order valence-electron chi connectivity index (χ0n) is 10.1. The lowest BCUT2D eigenvalue weighted by Crippen LogP contribution is -2.25. The van der Waals surface area contributed by atoms with Gasteiger partial charge in [0.15, 0.2) is 5.78 Å². The number of aryl methyl sites for hydroxylation is 1. The molecule has 1 aromatic rings. The van der Waals surface area contributed by atoms with Gasteiger partial charge in [0.25, 0.3) is 0 Å². The fourth-order valence-corrected chi connectivity index (χ4v) is 2.97. The van der Waals surface area contributed by atoms with Crippen LogP contribution in [0.3, 0.4) is 0 Å². The number of nitrogens with zero attached hydrogens (tertiary/aromatic N) is 2. The quantitative estimate of drug-likeness (QED) is 0.749. The number of carbonyl (C=O) groups excluding carboxylic acids is 1. The first-order valence-corrected chi connectivity index (χ1v) is 6.50. The third-order valence-corrected chi connectivity index (χ3v) is 3.81. The summed E-state index contributed by atoms with van der Waals surface area (Å²) in [6.07, 6.45) is 8.19. The largest absolute Gasteiger partial charge is 0.374 e. The van der Waals surface area contributed by atoms with Crippen LogP contribution in [-0.2, 0) is 11.3 Å². The average molecular weight is 234 g/mol. The number of rotatable bonds is 4. The van der Waals surface area contributed by atoms with E-state index >= 15 is 0 Å². The summed E-state index contributed by atoms with van der Waals surface area (Å²) < 4.78 is 7.58. The van der Waals surface area contributed by atoms with Crippen molar-refractivity contribution >= 4 is 5.78 Å². The molecule has 2 aliphatic heterocycles. The van der Waals surface area contributed by atoms with Crippen molar-refractivity contribution < 1.29 is 9.53 Å². The van der Waals surface area contributed by atoms with Gasteiger partial charge in [-0.3, -0.25) is 9.48 Å². The highest BCUT2D eigenvalue weighted by molar-refractivity contribution is 5.98. The van der Waals surface area contributed by atoms with Gasteiger partial charge in [0.1, 0.15) is 0 Å². The molecule has 0 radical (unpaired) electrons. The molecule has 3 unspecified atom stereocenters. The van der Waals surface area contributed by atoms with Gasteiger partial charge in [-0.2, -0.15) is 5.10 Å². The number of Topliss-reactive ketones (excluding diaryl/α,β-unsaturated/α-hetero) is 1. The van der Waals surface area contributed by atoms with Crippen LogP contribution < -0.4 is 0 Å². The molecular formula is C13H18N2O2. The van der Waals surface area contributed by atoms with Crippen LogP contribution in [0.2, 0.25) is 0 Å². The molecule has 2 bridgehead atoms. The maximum absolute atomic E-state index is 12.3. The molecule has 0 spiro atoms. The predicted molar refractivity (Wildman–Crippen MR) is 62.9 cm³/mol. The second-order valence-electron chi connectivity index (χ2n) is 5.07. The van der Waals surface area contributed by atoms with E-state index in [2.05, 4.69) is 12.0 Å². The summed E-state index contributed by atoms with van der Waals surface area (Å²) in [6, 6.07) is 0. The number of ketones is 1. The molecule has 17 heavy (non-hydrogen) atoms. The summed E-state index contributed by atoms with van der Waals surface area (Å²) in [5.41, 5.74) is 0.750. The topological polar surface area (TPSA) is 44.1 Å². The Morgan fingerprint density at radius 3 is 3.12 bits per heavy atom. The van der Waals surface area contributed by atoms with Crippen molar-refractivity contribution in [3.05, 3.63) is 18.0 Å². The molecule has 2 saturated heterocycles. The Morgan fingerprint density at radius 2 is 2.47 bits per heavy atom. The second-order valence-corrected chi connectivity index (χ2v) is 5.07. The first kappa shape index (κ1) is 11.0. The third-order valence-electron chi connectivity index (χ3n) is 3.81. The second kappa shape index (κ2) is 4.26. The molecule has 3 rings (SSSR count). The van der Waals surface area contributed by atoms with Gasteiger partial charge >= 0.3 is 0 Å². The number of carbonyl (C=O) groups is 1. The lowest BCUT2D eigenvalue weighted by molar-refractivity contribution is 0.0743. The summed E-state index contributed by atoms with van der Waals surface area (Å²) in [6.45, 7) is 2.98. The predicted octanol–water partition coefficient (Wildman–Crippen LogP) is 2.04. The number of aromatic nitrogens is 2. The highest BCUT2D eigenvalue weighted by Crippen LogP contribution is 2.40. The fourth-order valence-electron chi connectivity index (χ4n) is 2.97. The highest BCUT2D eigenvalue weighted by atomic mass is 16.5. The zero-order chi connectivity index (χ0) is 11.8. The molecule has 4 nitrogen and oxygen atoms in total. The molecular weight excluding hydrogens is 216 g/mol. The monoisotopic (exact) mass is 234 g/mol. The molecule has 0 aliphatic carbocycles. The van der Waals surface area contributed by atoms with E-state index < -0.39 is 0 Å². The first-order valence-electron chi connectivity index (χ1n) is 6.50. The Labute approximate surface area is 101 Å².